The highest BCUT2D eigenvalue weighted by atomic mass is 32.2. The van der Waals surface area contributed by atoms with Gasteiger partial charge in [0.25, 0.3) is 5.91 Å². The molecular weight excluding hydrogens is 290 g/mol. The molecule has 0 aliphatic rings. The molecule has 21 heavy (non-hydrogen) atoms. The number of carbonyl (C=O) groups excluding carboxylic acids is 1. The molecule has 0 saturated heterocycles. The molecule has 2 N–H and O–H groups in total. The van der Waals surface area contributed by atoms with Crippen molar-refractivity contribution in [1.29, 1.82) is 0 Å². The van der Waals surface area contributed by atoms with E-state index in [2.05, 4.69) is 22.4 Å². The van der Waals surface area contributed by atoms with Crippen LogP contribution in [0.25, 0.3) is 0 Å². The number of anilines is 1. The molecule has 0 bridgehead atoms. The summed E-state index contributed by atoms with van der Waals surface area (Å²) < 4.78 is 23.0. The van der Waals surface area contributed by atoms with Gasteiger partial charge in [0.15, 0.2) is 15.7 Å². The van der Waals surface area contributed by atoms with E-state index in [1.807, 2.05) is 0 Å². The van der Waals surface area contributed by atoms with Gasteiger partial charge in [0, 0.05) is 23.6 Å². The van der Waals surface area contributed by atoms with Crippen molar-refractivity contribution in [2.75, 3.05) is 11.6 Å². The van der Waals surface area contributed by atoms with Crippen molar-refractivity contribution in [3.8, 4) is 0 Å². The maximum atomic E-state index is 12.1. The molecule has 1 heterocycles. The first kappa shape index (κ1) is 15.2. The van der Waals surface area contributed by atoms with Crippen molar-refractivity contribution in [2.24, 2.45) is 0 Å². The Morgan fingerprint density at radius 1 is 1.33 bits per heavy atom. The summed E-state index contributed by atoms with van der Waals surface area (Å²) in [6, 6.07) is 7.67. The zero-order valence-electron chi connectivity index (χ0n) is 11.9. The SMILES string of the molecule is CCCc1cc(NC(=O)c2cccc(S(C)(=O)=O)c2)n[nH]1. The van der Waals surface area contributed by atoms with Crippen molar-refractivity contribution in [3.63, 3.8) is 0 Å². The third kappa shape index (κ3) is 3.91. The Bertz CT molecular complexity index is 750. The van der Waals surface area contributed by atoms with Crippen molar-refractivity contribution < 1.29 is 13.2 Å². The van der Waals surface area contributed by atoms with E-state index >= 15 is 0 Å². The van der Waals surface area contributed by atoms with E-state index < -0.39 is 15.7 Å². The number of rotatable bonds is 5. The van der Waals surface area contributed by atoms with Crippen molar-refractivity contribution in [3.05, 3.63) is 41.6 Å². The molecule has 6 nitrogen and oxygen atoms in total. The fourth-order valence-electron chi connectivity index (χ4n) is 1.88. The molecule has 1 amide bonds. The Morgan fingerprint density at radius 3 is 2.76 bits per heavy atom. The Morgan fingerprint density at radius 2 is 2.10 bits per heavy atom. The molecule has 0 radical (unpaired) electrons. The van der Waals surface area contributed by atoms with Gasteiger partial charge < -0.3 is 5.32 Å². The minimum Gasteiger partial charge on any atom is -0.305 e. The molecule has 1 aromatic heterocycles. The molecule has 1 aromatic carbocycles. The predicted molar refractivity (Wildman–Crippen MR) is 80.1 cm³/mol. The van der Waals surface area contributed by atoms with E-state index in [0.29, 0.717) is 5.82 Å². The van der Waals surface area contributed by atoms with Gasteiger partial charge in [-0.05, 0) is 24.6 Å². The number of sulfone groups is 1. The molecule has 7 heteroatoms. The van der Waals surface area contributed by atoms with Gasteiger partial charge in [0.2, 0.25) is 0 Å². The van der Waals surface area contributed by atoms with Crippen LogP contribution in [0.1, 0.15) is 29.4 Å². The normalized spacial score (nSPS) is 11.3. The number of aryl methyl sites for hydroxylation is 1. The van der Waals surface area contributed by atoms with Crippen molar-refractivity contribution in [1.82, 2.24) is 10.2 Å². The van der Waals surface area contributed by atoms with Crippen molar-refractivity contribution in [2.45, 2.75) is 24.7 Å². The summed E-state index contributed by atoms with van der Waals surface area (Å²) >= 11 is 0. The first-order valence-corrected chi connectivity index (χ1v) is 8.45. The van der Waals surface area contributed by atoms with Gasteiger partial charge in [0.1, 0.15) is 0 Å². The third-order valence-electron chi connectivity index (χ3n) is 2.92. The highest BCUT2D eigenvalue weighted by molar-refractivity contribution is 7.90. The van der Waals surface area contributed by atoms with Crippen LogP contribution in [-0.4, -0.2) is 30.8 Å². The van der Waals surface area contributed by atoms with Crippen LogP contribution in [-0.2, 0) is 16.3 Å². The van der Waals surface area contributed by atoms with E-state index in [4.69, 9.17) is 0 Å². The number of aromatic nitrogens is 2. The summed E-state index contributed by atoms with van der Waals surface area (Å²) in [5, 5.41) is 9.47. The Kier molecular flexibility index (Phi) is 4.42. The Balaban J connectivity index is 2.16. The summed E-state index contributed by atoms with van der Waals surface area (Å²) in [6.07, 6.45) is 2.94. The summed E-state index contributed by atoms with van der Waals surface area (Å²) in [5.41, 5.74) is 1.22. The largest absolute Gasteiger partial charge is 0.305 e. The number of carbonyl (C=O) groups is 1. The monoisotopic (exact) mass is 307 g/mol. The number of aromatic amines is 1. The molecule has 0 unspecified atom stereocenters. The third-order valence-corrected chi connectivity index (χ3v) is 4.03. The van der Waals surface area contributed by atoms with E-state index in [9.17, 15) is 13.2 Å². The number of benzene rings is 1. The lowest BCUT2D eigenvalue weighted by molar-refractivity contribution is 0.102. The summed E-state index contributed by atoms with van der Waals surface area (Å²) in [5.74, 6) is 0.0308. The maximum Gasteiger partial charge on any atom is 0.256 e. The fraction of sp³-hybridized carbons (Fsp3) is 0.286. The number of nitrogens with zero attached hydrogens (tertiary/aromatic N) is 1. The smallest absolute Gasteiger partial charge is 0.256 e. The van der Waals surface area contributed by atoms with Crippen LogP contribution in [0, 0.1) is 0 Å². The minimum absolute atomic E-state index is 0.115. The Labute approximate surface area is 123 Å². The van der Waals surface area contributed by atoms with Crippen LogP contribution in [0.2, 0.25) is 0 Å². The lowest BCUT2D eigenvalue weighted by atomic mass is 10.2. The van der Waals surface area contributed by atoms with Crippen LogP contribution in [0.5, 0.6) is 0 Å². The number of nitrogens with one attached hydrogen (secondary N) is 2. The molecular formula is C14H17N3O3S. The van der Waals surface area contributed by atoms with Gasteiger partial charge in [-0.1, -0.05) is 19.4 Å². The zero-order chi connectivity index (χ0) is 15.5. The fourth-order valence-corrected chi connectivity index (χ4v) is 2.55. The highest BCUT2D eigenvalue weighted by Gasteiger charge is 2.12. The van der Waals surface area contributed by atoms with Crippen LogP contribution >= 0.6 is 0 Å². The first-order valence-electron chi connectivity index (χ1n) is 6.56. The van der Waals surface area contributed by atoms with Crippen LogP contribution in [0.4, 0.5) is 5.82 Å². The van der Waals surface area contributed by atoms with E-state index in [-0.39, 0.29) is 10.5 Å². The second kappa shape index (κ2) is 6.09. The van der Waals surface area contributed by atoms with E-state index in [1.165, 1.54) is 12.1 Å². The van der Waals surface area contributed by atoms with Gasteiger partial charge in [-0.25, -0.2) is 8.42 Å². The number of hydrogen-bond donors (Lipinski definition) is 2. The highest BCUT2D eigenvalue weighted by Crippen LogP contribution is 2.14. The van der Waals surface area contributed by atoms with Crippen LogP contribution in [0.15, 0.2) is 35.2 Å². The van der Waals surface area contributed by atoms with Gasteiger partial charge in [-0.15, -0.1) is 0 Å². The van der Waals surface area contributed by atoms with Crippen LogP contribution < -0.4 is 5.32 Å². The molecule has 0 saturated carbocycles. The van der Waals surface area contributed by atoms with E-state index in [1.54, 1.807) is 18.2 Å². The summed E-state index contributed by atoms with van der Waals surface area (Å²) in [4.78, 5) is 12.2. The molecule has 0 aliphatic heterocycles. The average Bonchev–Trinajstić information content (AvgIpc) is 2.86. The van der Waals surface area contributed by atoms with Crippen LogP contribution in [0.3, 0.4) is 0 Å². The minimum atomic E-state index is -3.34. The molecule has 2 aromatic rings. The van der Waals surface area contributed by atoms with E-state index in [0.717, 1.165) is 24.8 Å². The molecule has 0 spiro atoms. The molecule has 112 valence electrons. The Hall–Kier alpha value is -2.15. The second-order valence-corrected chi connectivity index (χ2v) is 6.80. The topological polar surface area (TPSA) is 91.9 Å². The molecule has 2 rings (SSSR count). The van der Waals surface area contributed by atoms with Gasteiger partial charge in [0.05, 0.1) is 4.90 Å². The number of amides is 1. The zero-order valence-corrected chi connectivity index (χ0v) is 12.7. The maximum absolute atomic E-state index is 12.1. The molecule has 0 fully saturated rings. The van der Waals surface area contributed by atoms with Crippen molar-refractivity contribution >= 4 is 21.6 Å². The lowest BCUT2D eigenvalue weighted by Crippen LogP contribution is -2.13. The van der Waals surface area contributed by atoms with Gasteiger partial charge in [-0.3, -0.25) is 9.89 Å². The lowest BCUT2D eigenvalue weighted by Gasteiger charge is -2.04. The molecule has 0 atom stereocenters. The average molecular weight is 307 g/mol. The van der Waals surface area contributed by atoms with Gasteiger partial charge >= 0.3 is 0 Å². The predicted octanol–water partition coefficient (Wildman–Crippen LogP) is 2.02. The first-order chi connectivity index (χ1) is 9.90. The quantitative estimate of drug-likeness (QED) is 0.884. The summed E-state index contributed by atoms with van der Waals surface area (Å²) in [7, 11) is -3.34. The van der Waals surface area contributed by atoms with Gasteiger partial charge in [-0.2, -0.15) is 5.10 Å². The number of H-pyrrole nitrogens is 1. The number of hydrogen-bond acceptors (Lipinski definition) is 4. The second-order valence-electron chi connectivity index (χ2n) is 4.78. The molecule has 0 aliphatic carbocycles. The standard InChI is InChI=1S/C14H17N3O3S/c1-3-5-11-9-13(17-16-11)15-14(18)10-6-4-7-12(8-10)21(2,19)20/h4,6-9H,3,5H2,1-2H3,(H2,15,16,17,18). The summed E-state index contributed by atoms with van der Waals surface area (Å²) in [6.45, 7) is 2.05.